The van der Waals surface area contributed by atoms with Crippen molar-refractivity contribution in [2.45, 2.75) is 31.3 Å². The Kier molecular flexibility index (Phi) is 4.53. The monoisotopic (exact) mass is 285 g/mol. The van der Waals surface area contributed by atoms with Gasteiger partial charge in [-0.05, 0) is 12.1 Å². The molecule has 0 fully saturated rings. The first-order valence-corrected chi connectivity index (χ1v) is 6.85. The van der Waals surface area contributed by atoms with Crippen LogP contribution in [0.4, 0.5) is 11.5 Å². The van der Waals surface area contributed by atoms with E-state index in [-0.39, 0.29) is 5.91 Å². The van der Waals surface area contributed by atoms with Crippen LogP contribution in [0.5, 0.6) is 0 Å². The number of anilines is 2. The summed E-state index contributed by atoms with van der Waals surface area (Å²) in [7, 11) is 3.83. The highest BCUT2D eigenvalue weighted by atomic mass is 16.1. The van der Waals surface area contributed by atoms with Gasteiger partial charge in [0.05, 0.1) is 11.9 Å². The van der Waals surface area contributed by atoms with Crippen LogP contribution >= 0.6 is 0 Å². The summed E-state index contributed by atoms with van der Waals surface area (Å²) >= 11 is 0. The molecule has 6 heteroatoms. The summed E-state index contributed by atoms with van der Waals surface area (Å²) < 4.78 is 0. The molecule has 1 aliphatic heterocycles. The number of pyridine rings is 1. The summed E-state index contributed by atoms with van der Waals surface area (Å²) in [5, 5.41) is 10.8. The van der Waals surface area contributed by atoms with Crippen molar-refractivity contribution in [3.8, 4) is 12.3 Å². The van der Waals surface area contributed by atoms with E-state index in [1.165, 1.54) is 0 Å². The lowest BCUT2D eigenvalue weighted by Gasteiger charge is -2.12. The number of carbonyl (C=O) groups excluding carboxylic acids is 1. The van der Waals surface area contributed by atoms with Crippen LogP contribution in [0, 0.1) is 12.3 Å². The highest BCUT2D eigenvalue weighted by Crippen LogP contribution is 2.37. The minimum atomic E-state index is -0.406. The normalized spacial score (nSPS) is 14.3. The fourth-order valence-electron chi connectivity index (χ4n) is 1.93. The number of amides is 1. The number of nitrogens with zero attached hydrogens (tertiary/aromatic N) is 4. The zero-order valence-electron chi connectivity index (χ0n) is 12.3. The van der Waals surface area contributed by atoms with E-state index in [1.54, 1.807) is 6.20 Å². The van der Waals surface area contributed by atoms with Gasteiger partial charge in [-0.2, -0.15) is 10.2 Å². The molecule has 110 valence electrons. The standard InChI is InChI=1S/C15H19N5O/c1-4-5-9-15(18-19-15)10-8-14(21)17-12-6-7-13(16-11-12)20(2)3/h1,6-7,11H,5,8-10H2,2-3H3,(H,17,21). The van der Waals surface area contributed by atoms with E-state index >= 15 is 0 Å². The molecule has 0 atom stereocenters. The lowest BCUT2D eigenvalue weighted by atomic mass is 10.0. The van der Waals surface area contributed by atoms with Gasteiger partial charge in [-0.15, -0.1) is 12.3 Å². The second-order valence-electron chi connectivity index (χ2n) is 5.23. The van der Waals surface area contributed by atoms with Crippen LogP contribution in [0.3, 0.4) is 0 Å². The summed E-state index contributed by atoms with van der Waals surface area (Å²) in [4.78, 5) is 18.1. The SMILES string of the molecule is C#CCCC1(CCC(=O)Nc2ccc(N(C)C)nc2)N=N1. The molecule has 0 aliphatic carbocycles. The molecule has 0 bridgehead atoms. The van der Waals surface area contributed by atoms with Gasteiger partial charge in [-0.3, -0.25) is 4.79 Å². The van der Waals surface area contributed by atoms with E-state index < -0.39 is 5.66 Å². The first-order chi connectivity index (χ1) is 10.0. The average molecular weight is 285 g/mol. The predicted octanol–water partition coefficient (Wildman–Crippen LogP) is 2.44. The Balaban J connectivity index is 1.78. The van der Waals surface area contributed by atoms with Crippen molar-refractivity contribution in [1.82, 2.24) is 4.98 Å². The number of aromatic nitrogens is 1. The zero-order valence-corrected chi connectivity index (χ0v) is 12.3. The van der Waals surface area contributed by atoms with Gasteiger partial charge in [0.25, 0.3) is 0 Å². The number of nitrogens with one attached hydrogen (secondary N) is 1. The fraction of sp³-hybridized carbons (Fsp3) is 0.467. The molecule has 6 nitrogen and oxygen atoms in total. The van der Waals surface area contributed by atoms with Crippen LogP contribution in [-0.4, -0.2) is 30.6 Å². The maximum absolute atomic E-state index is 11.9. The van der Waals surface area contributed by atoms with Crippen LogP contribution in [0.25, 0.3) is 0 Å². The summed E-state index contributed by atoms with van der Waals surface area (Å²) in [6.07, 6.45) is 9.19. The number of rotatable bonds is 7. The largest absolute Gasteiger partial charge is 0.363 e. The summed E-state index contributed by atoms with van der Waals surface area (Å²) in [5.41, 5.74) is 0.282. The molecule has 21 heavy (non-hydrogen) atoms. The molecule has 0 unspecified atom stereocenters. The van der Waals surface area contributed by atoms with E-state index in [0.717, 1.165) is 12.2 Å². The minimum absolute atomic E-state index is 0.0632. The minimum Gasteiger partial charge on any atom is -0.363 e. The molecule has 2 heterocycles. The summed E-state index contributed by atoms with van der Waals surface area (Å²) in [6.45, 7) is 0. The van der Waals surface area contributed by atoms with Gasteiger partial charge < -0.3 is 10.2 Å². The average Bonchev–Trinajstić information content (AvgIpc) is 3.24. The van der Waals surface area contributed by atoms with Crippen molar-refractivity contribution >= 4 is 17.4 Å². The molecular weight excluding hydrogens is 266 g/mol. The predicted molar refractivity (Wildman–Crippen MR) is 82.1 cm³/mol. The molecule has 0 radical (unpaired) electrons. The van der Waals surface area contributed by atoms with E-state index in [0.29, 0.717) is 24.9 Å². The van der Waals surface area contributed by atoms with E-state index in [9.17, 15) is 4.79 Å². The molecule has 1 aromatic rings. The van der Waals surface area contributed by atoms with Gasteiger partial charge in [0, 0.05) is 39.8 Å². The first kappa shape index (κ1) is 15.0. The Labute approximate surface area is 124 Å². The molecule has 0 aromatic carbocycles. The van der Waals surface area contributed by atoms with Crippen LogP contribution < -0.4 is 10.2 Å². The maximum Gasteiger partial charge on any atom is 0.224 e. The second kappa shape index (κ2) is 6.35. The van der Waals surface area contributed by atoms with Crippen LogP contribution in [0.2, 0.25) is 0 Å². The molecule has 0 spiro atoms. The van der Waals surface area contributed by atoms with Crippen molar-refractivity contribution in [1.29, 1.82) is 0 Å². The van der Waals surface area contributed by atoms with Crippen LogP contribution in [-0.2, 0) is 4.79 Å². The highest BCUT2D eigenvalue weighted by Gasteiger charge is 2.39. The second-order valence-corrected chi connectivity index (χ2v) is 5.23. The molecule has 0 saturated carbocycles. The highest BCUT2D eigenvalue weighted by molar-refractivity contribution is 5.90. The molecule has 1 aromatic heterocycles. The topological polar surface area (TPSA) is 70.0 Å². The Morgan fingerprint density at radius 3 is 2.67 bits per heavy atom. The molecular formula is C15H19N5O. The Morgan fingerprint density at radius 2 is 2.14 bits per heavy atom. The lowest BCUT2D eigenvalue weighted by molar-refractivity contribution is -0.116. The molecule has 1 aliphatic rings. The number of hydrogen-bond donors (Lipinski definition) is 1. The van der Waals surface area contributed by atoms with Gasteiger partial charge in [0.2, 0.25) is 5.91 Å². The van der Waals surface area contributed by atoms with Gasteiger partial charge >= 0.3 is 0 Å². The third-order valence-electron chi connectivity index (χ3n) is 3.29. The van der Waals surface area contributed by atoms with Gasteiger partial charge in [-0.1, -0.05) is 0 Å². The fourth-order valence-corrected chi connectivity index (χ4v) is 1.93. The smallest absolute Gasteiger partial charge is 0.224 e. The Hall–Kier alpha value is -2.42. The third kappa shape index (κ3) is 4.28. The van der Waals surface area contributed by atoms with Crippen molar-refractivity contribution in [2.24, 2.45) is 10.2 Å². The number of carbonyl (C=O) groups is 1. The van der Waals surface area contributed by atoms with Gasteiger partial charge in [0.15, 0.2) is 5.66 Å². The molecule has 2 rings (SSSR count). The van der Waals surface area contributed by atoms with Crippen molar-refractivity contribution in [3.63, 3.8) is 0 Å². The Bertz CT molecular complexity index is 565. The number of terminal acetylenes is 1. The van der Waals surface area contributed by atoms with Crippen molar-refractivity contribution in [3.05, 3.63) is 18.3 Å². The molecule has 1 amide bonds. The van der Waals surface area contributed by atoms with Crippen molar-refractivity contribution in [2.75, 3.05) is 24.3 Å². The zero-order chi connectivity index (χ0) is 15.3. The van der Waals surface area contributed by atoms with E-state index in [1.807, 2.05) is 31.1 Å². The number of hydrogen-bond acceptors (Lipinski definition) is 5. The Morgan fingerprint density at radius 1 is 1.38 bits per heavy atom. The van der Waals surface area contributed by atoms with E-state index in [2.05, 4.69) is 26.4 Å². The molecule has 0 saturated heterocycles. The maximum atomic E-state index is 11.9. The van der Waals surface area contributed by atoms with Crippen LogP contribution in [0.1, 0.15) is 25.7 Å². The quantitative estimate of drug-likeness (QED) is 0.782. The van der Waals surface area contributed by atoms with Gasteiger partial charge in [0.1, 0.15) is 5.82 Å². The summed E-state index contributed by atoms with van der Waals surface area (Å²) in [6, 6.07) is 3.69. The van der Waals surface area contributed by atoms with E-state index in [4.69, 9.17) is 6.42 Å². The third-order valence-corrected chi connectivity index (χ3v) is 3.29. The summed E-state index contributed by atoms with van der Waals surface area (Å²) in [5.74, 6) is 3.35. The van der Waals surface area contributed by atoms with Crippen LogP contribution in [0.15, 0.2) is 28.6 Å². The first-order valence-electron chi connectivity index (χ1n) is 6.85. The molecule has 1 N–H and O–H groups in total. The van der Waals surface area contributed by atoms with Crippen molar-refractivity contribution < 1.29 is 4.79 Å². The van der Waals surface area contributed by atoms with Gasteiger partial charge in [-0.25, -0.2) is 4.98 Å². The lowest BCUT2D eigenvalue weighted by Crippen LogP contribution is -2.18.